The summed E-state index contributed by atoms with van der Waals surface area (Å²) in [6.45, 7) is 5.34. The number of aromatic nitrogens is 2. The van der Waals surface area contributed by atoms with Crippen molar-refractivity contribution in [1.82, 2.24) is 15.5 Å². The van der Waals surface area contributed by atoms with Gasteiger partial charge in [0.2, 0.25) is 5.82 Å². The molecule has 0 saturated carbocycles. The standard InChI is InChI=1S/C14H15N3O4/c1-7-4-8(2)11(9(3)5-7)12-16-14(21-17-12)13(20)15-6-10(18)19/h4-5H,6H2,1-3H3,(H,15,20)(H,18,19). The molecule has 2 N–H and O–H groups in total. The van der Waals surface area contributed by atoms with Crippen LogP contribution >= 0.6 is 0 Å². The molecule has 110 valence electrons. The van der Waals surface area contributed by atoms with Crippen molar-refractivity contribution in [2.24, 2.45) is 0 Å². The fourth-order valence-electron chi connectivity index (χ4n) is 2.18. The van der Waals surface area contributed by atoms with Gasteiger partial charge in [0.05, 0.1) is 0 Å². The zero-order valence-electron chi connectivity index (χ0n) is 11.9. The third-order valence-electron chi connectivity index (χ3n) is 2.92. The third-order valence-corrected chi connectivity index (χ3v) is 2.92. The lowest BCUT2D eigenvalue weighted by molar-refractivity contribution is -0.135. The van der Waals surface area contributed by atoms with Crippen molar-refractivity contribution in [3.8, 4) is 11.4 Å². The van der Waals surface area contributed by atoms with E-state index in [9.17, 15) is 9.59 Å². The Bertz CT molecular complexity index is 683. The maximum absolute atomic E-state index is 11.6. The van der Waals surface area contributed by atoms with Gasteiger partial charge >= 0.3 is 17.8 Å². The van der Waals surface area contributed by atoms with E-state index >= 15 is 0 Å². The lowest BCUT2D eigenvalue weighted by Gasteiger charge is -2.06. The van der Waals surface area contributed by atoms with Crippen molar-refractivity contribution in [3.63, 3.8) is 0 Å². The molecule has 7 heteroatoms. The van der Waals surface area contributed by atoms with Crippen molar-refractivity contribution in [2.45, 2.75) is 20.8 Å². The highest BCUT2D eigenvalue weighted by Crippen LogP contribution is 2.25. The van der Waals surface area contributed by atoms with Gasteiger partial charge in [-0.1, -0.05) is 22.9 Å². The molecule has 21 heavy (non-hydrogen) atoms. The second kappa shape index (κ2) is 5.74. The molecule has 1 amide bonds. The van der Waals surface area contributed by atoms with Gasteiger partial charge in [0, 0.05) is 5.56 Å². The van der Waals surface area contributed by atoms with Gasteiger partial charge in [-0.05, 0) is 31.9 Å². The summed E-state index contributed by atoms with van der Waals surface area (Å²) in [7, 11) is 0. The molecule has 0 spiro atoms. The lowest BCUT2D eigenvalue weighted by Crippen LogP contribution is -2.29. The van der Waals surface area contributed by atoms with E-state index in [-0.39, 0.29) is 5.89 Å². The van der Waals surface area contributed by atoms with Gasteiger partial charge in [-0.3, -0.25) is 9.59 Å². The van der Waals surface area contributed by atoms with Crippen molar-refractivity contribution in [3.05, 3.63) is 34.7 Å². The quantitative estimate of drug-likeness (QED) is 0.883. The van der Waals surface area contributed by atoms with Crippen LogP contribution < -0.4 is 5.32 Å². The van der Waals surface area contributed by atoms with Gasteiger partial charge < -0.3 is 14.9 Å². The van der Waals surface area contributed by atoms with Crippen LogP contribution in [0.5, 0.6) is 0 Å². The van der Waals surface area contributed by atoms with Crippen molar-refractivity contribution in [2.75, 3.05) is 6.54 Å². The van der Waals surface area contributed by atoms with Crippen molar-refractivity contribution in [1.29, 1.82) is 0 Å². The summed E-state index contributed by atoms with van der Waals surface area (Å²) in [6, 6.07) is 3.98. The number of rotatable bonds is 4. The molecule has 0 fully saturated rings. The SMILES string of the molecule is Cc1cc(C)c(-c2noc(C(=O)NCC(=O)O)n2)c(C)c1. The number of nitrogens with zero attached hydrogens (tertiary/aromatic N) is 2. The second-order valence-corrected chi connectivity index (χ2v) is 4.77. The van der Waals surface area contributed by atoms with E-state index in [4.69, 9.17) is 9.63 Å². The Balaban J connectivity index is 2.28. The van der Waals surface area contributed by atoms with Crippen molar-refractivity contribution >= 4 is 11.9 Å². The summed E-state index contributed by atoms with van der Waals surface area (Å²) in [4.78, 5) is 26.1. The van der Waals surface area contributed by atoms with Crippen molar-refractivity contribution < 1.29 is 19.2 Å². The van der Waals surface area contributed by atoms with Crippen LogP contribution in [0.15, 0.2) is 16.7 Å². The first-order chi connectivity index (χ1) is 9.88. The van der Waals surface area contributed by atoms with Gasteiger partial charge in [-0.25, -0.2) is 0 Å². The molecular weight excluding hydrogens is 274 g/mol. The molecule has 0 bridgehead atoms. The number of carboxylic acids is 1. The van der Waals surface area contributed by atoms with E-state index in [2.05, 4.69) is 15.5 Å². The van der Waals surface area contributed by atoms with Crippen LogP contribution in [0.2, 0.25) is 0 Å². The molecule has 0 radical (unpaired) electrons. The minimum absolute atomic E-state index is 0.259. The van der Waals surface area contributed by atoms with Crippen LogP contribution in [0.4, 0.5) is 0 Å². The van der Waals surface area contributed by atoms with Gasteiger partial charge in [-0.15, -0.1) is 0 Å². The highest BCUT2D eigenvalue weighted by atomic mass is 16.5. The Kier molecular flexibility index (Phi) is 4.02. The minimum Gasteiger partial charge on any atom is -0.480 e. The first-order valence-corrected chi connectivity index (χ1v) is 6.30. The smallest absolute Gasteiger partial charge is 0.322 e. The largest absolute Gasteiger partial charge is 0.480 e. The maximum Gasteiger partial charge on any atom is 0.322 e. The molecule has 1 heterocycles. The summed E-state index contributed by atoms with van der Waals surface area (Å²) >= 11 is 0. The van der Waals surface area contributed by atoms with Crippen LogP contribution in [-0.2, 0) is 4.79 Å². The molecule has 0 unspecified atom stereocenters. The Morgan fingerprint density at radius 2 is 1.86 bits per heavy atom. The average Bonchev–Trinajstić information content (AvgIpc) is 2.84. The summed E-state index contributed by atoms with van der Waals surface area (Å²) in [5, 5.41) is 14.5. The van der Waals surface area contributed by atoms with Gasteiger partial charge in [-0.2, -0.15) is 4.98 Å². The maximum atomic E-state index is 11.6. The minimum atomic E-state index is -1.15. The number of benzene rings is 1. The molecule has 2 aromatic rings. The fraction of sp³-hybridized carbons (Fsp3) is 0.286. The summed E-state index contributed by atoms with van der Waals surface area (Å²) in [5.41, 5.74) is 3.88. The van der Waals surface area contributed by atoms with E-state index < -0.39 is 18.4 Å². The number of carboxylic acid groups (broad SMARTS) is 1. The van der Waals surface area contributed by atoms with E-state index in [1.807, 2.05) is 32.9 Å². The summed E-state index contributed by atoms with van der Waals surface area (Å²) in [6.07, 6.45) is 0. The number of nitrogens with one attached hydrogen (secondary N) is 1. The number of amides is 1. The molecular formula is C14H15N3O4. The Hall–Kier alpha value is -2.70. The monoisotopic (exact) mass is 289 g/mol. The van der Waals surface area contributed by atoms with E-state index in [1.54, 1.807) is 0 Å². The number of carbonyl (C=O) groups excluding carboxylic acids is 1. The predicted molar refractivity (Wildman–Crippen MR) is 73.9 cm³/mol. The molecule has 1 aromatic carbocycles. The molecule has 0 aliphatic heterocycles. The Labute approximate surface area is 121 Å². The number of hydrogen-bond donors (Lipinski definition) is 2. The lowest BCUT2D eigenvalue weighted by atomic mass is 9.99. The van der Waals surface area contributed by atoms with E-state index in [0.29, 0.717) is 5.82 Å². The number of aryl methyl sites for hydroxylation is 3. The van der Waals surface area contributed by atoms with Gasteiger partial charge in [0.1, 0.15) is 6.54 Å². The van der Waals surface area contributed by atoms with Crippen LogP contribution in [0.25, 0.3) is 11.4 Å². The molecule has 7 nitrogen and oxygen atoms in total. The number of hydrogen-bond acceptors (Lipinski definition) is 5. The zero-order valence-corrected chi connectivity index (χ0v) is 11.9. The van der Waals surface area contributed by atoms with E-state index in [0.717, 1.165) is 22.3 Å². The average molecular weight is 289 g/mol. The van der Waals surface area contributed by atoms with Gasteiger partial charge in [0.15, 0.2) is 0 Å². The molecule has 1 aromatic heterocycles. The molecule has 0 aliphatic rings. The Morgan fingerprint density at radius 1 is 1.24 bits per heavy atom. The summed E-state index contributed by atoms with van der Waals surface area (Å²) < 4.78 is 4.89. The highest BCUT2D eigenvalue weighted by Gasteiger charge is 2.18. The third kappa shape index (κ3) is 3.25. The summed E-state index contributed by atoms with van der Waals surface area (Å²) in [5.74, 6) is -1.80. The number of aliphatic carboxylic acids is 1. The van der Waals surface area contributed by atoms with Crippen LogP contribution in [-0.4, -0.2) is 33.7 Å². The van der Waals surface area contributed by atoms with Gasteiger partial charge in [0.25, 0.3) is 0 Å². The number of carbonyl (C=O) groups is 2. The molecule has 0 saturated heterocycles. The second-order valence-electron chi connectivity index (χ2n) is 4.77. The molecule has 0 atom stereocenters. The zero-order chi connectivity index (χ0) is 15.6. The molecule has 0 aliphatic carbocycles. The Morgan fingerprint density at radius 3 is 2.43 bits per heavy atom. The van der Waals surface area contributed by atoms with Crippen LogP contribution in [0, 0.1) is 20.8 Å². The molecule has 2 rings (SSSR count). The first-order valence-electron chi connectivity index (χ1n) is 6.30. The predicted octanol–water partition coefficient (Wildman–Crippen LogP) is 1.48. The van der Waals surface area contributed by atoms with Crippen LogP contribution in [0.3, 0.4) is 0 Å². The van der Waals surface area contributed by atoms with E-state index in [1.165, 1.54) is 0 Å². The topological polar surface area (TPSA) is 105 Å². The normalized spacial score (nSPS) is 10.4. The highest BCUT2D eigenvalue weighted by molar-refractivity contribution is 5.92. The first kappa shape index (κ1) is 14.7. The van der Waals surface area contributed by atoms with Crippen LogP contribution in [0.1, 0.15) is 27.4 Å². The fourth-order valence-corrected chi connectivity index (χ4v) is 2.18.